The topological polar surface area (TPSA) is 41.4 Å². The van der Waals surface area contributed by atoms with Crippen LogP contribution in [0.5, 0.6) is 0 Å². The maximum absolute atomic E-state index is 12.4. The van der Waals surface area contributed by atoms with Gasteiger partial charge in [-0.3, -0.25) is 14.4 Å². The number of hydrogen-bond donors (Lipinski definition) is 0. The first-order valence-corrected chi connectivity index (χ1v) is 7.67. The molecule has 0 saturated carbocycles. The number of rotatable bonds is 6. The first kappa shape index (κ1) is 15.0. The summed E-state index contributed by atoms with van der Waals surface area (Å²) in [6.07, 6.45) is 5.19. The fraction of sp³-hybridized carbons (Fsp3) is 0.733. The van der Waals surface area contributed by atoms with E-state index in [1.54, 1.807) is 0 Å². The van der Waals surface area contributed by atoms with Crippen molar-refractivity contribution in [3.8, 4) is 0 Å². The van der Waals surface area contributed by atoms with E-state index in [-0.39, 0.29) is 11.9 Å². The molecule has 1 aromatic rings. The zero-order valence-electron chi connectivity index (χ0n) is 12.9. The summed E-state index contributed by atoms with van der Waals surface area (Å²) >= 11 is 0. The second-order valence-corrected chi connectivity index (χ2v) is 5.55. The van der Waals surface area contributed by atoms with Crippen LogP contribution in [0.25, 0.3) is 0 Å². The van der Waals surface area contributed by atoms with Crippen LogP contribution in [-0.4, -0.2) is 51.7 Å². The molecule has 0 spiro atoms. The van der Waals surface area contributed by atoms with E-state index in [1.807, 2.05) is 22.8 Å². The fourth-order valence-electron chi connectivity index (χ4n) is 2.72. The normalized spacial score (nSPS) is 20.6. The number of carbonyl (C=O) groups excluding carboxylic acids is 1. The van der Waals surface area contributed by atoms with Gasteiger partial charge >= 0.3 is 0 Å². The maximum Gasteiger partial charge on any atom is 0.239 e. The molecule has 1 saturated heterocycles. The van der Waals surface area contributed by atoms with Crippen LogP contribution in [0.2, 0.25) is 0 Å². The standard InChI is InChI=1S/C15H26N4O/c1-4-6-7-14-15(20)17(3)10-11-18(14)12-13-8-9-19(5-2)16-13/h8-9,14H,4-7,10-12H2,1-3H3/t14-/m1/s1. The van der Waals surface area contributed by atoms with Crippen LogP contribution in [0.3, 0.4) is 0 Å². The van der Waals surface area contributed by atoms with Crippen molar-refractivity contribution >= 4 is 5.91 Å². The lowest BCUT2D eigenvalue weighted by Crippen LogP contribution is -2.55. The fourth-order valence-corrected chi connectivity index (χ4v) is 2.72. The van der Waals surface area contributed by atoms with Gasteiger partial charge in [-0.15, -0.1) is 0 Å². The Bertz CT molecular complexity index is 443. The SMILES string of the molecule is CCCC[C@@H]1C(=O)N(C)CCN1Cc1ccn(CC)n1. The first-order valence-electron chi connectivity index (χ1n) is 7.67. The van der Waals surface area contributed by atoms with Gasteiger partial charge in [-0.25, -0.2) is 0 Å². The summed E-state index contributed by atoms with van der Waals surface area (Å²) < 4.78 is 1.94. The van der Waals surface area contributed by atoms with Crippen molar-refractivity contribution in [3.05, 3.63) is 18.0 Å². The molecular formula is C15H26N4O. The molecule has 1 aliphatic rings. The van der Waals surface area contributed by atoms with Crippen molar-refractivity contribution in [2.24, 2.45) is 0 Å². The molecule has 0 bridgehead atoms. The smallest absolute Gasteiger partial charge is 0.239 e. The van der Waals surface area contributed by atoms with E-state index >= 15 is 0 Å². The molecule has 0 unspecified atom stereocenters. The Morgan fingerprint density at radius 2 is 2.15 bits per heavy atom. The van der Waals surface area contributed by atoms with Crippen LogP contribution in [0.4, 0.5) is 0 Å². The third-order valence-corrected chi connectivity index (χ3v) is 4.04. The van der Waals surface area contributed by atoms with E-state index in [0.29, 0.717) is 0 Å². The highest BCUT2D eigenvalue weighted by atomic mass is 16.2. The first-order chi connectivity index (χ1) is 9.65. The predicted octanol–water partition coefficient (Wildman–Crippen LogP) is 1.74. The highest BCUT2D eigenvalue weighted by Gasteiger charge is 2.32. The lowest BCUT2D eigenvalue weighted by Gasteiger charge is -2.38. The van der Waals surface area contributed by atoms with E-state index < -0.39 is 0 Å². The Kier molecular flexibility index (Phi) is 5.17. The molecule has 1 aliphatic heterocycles. The second-order valence-electron chi connectivity index (χ2n) is 5.55. The molecular weight excluding hydrogens is 252 g/mol. The minimum atomic E-state index is 0.0282. The molecule has 1 aromatic heterocycles. The highest BCUT2D eigenvalue weighted by molar-refractivity contribution is 5.82. The van der Waals surface area contributed by atoms with Gasteiger partial charge in [0.05, 0.1) is 11.7 Å². The molecule has 0 N–H and O–H groups in total. The zero-order valence-corrected chi connectivity index (χ0v) is 12.9. The van der Waals surface area contributed by atoms with Gasteiger partial charge in [0.2, 0.25) is 5.91 Å². The van der Waals surface area contributed by atoms with E-state index in [4.69, 9.17) is 0 Å². The van der Waals surface area contributed by atoms with Gasteiger partial charge in [0.1, 0.15) is 0 Å². The van der Waals surface area contributed by atoms with Gasteiger partial charge in [-0.1, -0.05) is 19.8 Å². The molecule has 0 aliphatic carbocycles. The second kappa shape index (κ2) is 6.88. The Morgan fingerprint density at radius 1 is 1.35 bits per heavy atom. The molecule has 1 fully saturated rings. The van der Waals surface area contributed by atoms with Gasteiger partial charge < -0.3 is 4.90 Å². The maximum atomic E-state index is 12.4. The average Bonchev–Trinajstić information content (AvgIpc) is 2.90. The van der Waals surface area contributed by atoms with Gasteiger partial charge in [0.25, 0.3) is 0 Å². The number of likely N-dealkylation sites (N-methyl/N-ethyl adjacent to an activating group) is 1. The van der Waals surface area contributed by atoms with Gasteiger partial charge in [0.15, 0.2) is 0 Å². The van der Waals surface area contributed by atoms with Crippen molar-refractivity contribution in [2.45, 2.75) is 52.2 Å². The number of piperazine rings is 1. The molecule has 1 atom stereocenters. The summed E-state index contributed by atoms with van der Waals surface area (Å²) in [4.78, 5) is 16.5. The lowest BCUT2D eigenvalue weighted by molar-refractivity contribution is -0.140. The van der Waals surface area contributed by atoms with Crippen molar-refractivity contribution in [1.29, 1.82) is 0 Å². The van der Waals surface area contributed by atoms with E-state index in [1.165, 1.54) is 0 Å². The molecule has 0 aromatic carbocycles. The Balaban J connectivity index is 2.04. The van der Waals surface area contributed by atoms with Gasteiger partial charge in [-0.05, 0) is 19.4 Å². The van der Waals surface area contributed by atoms with Crippen molar-refractivity contribution in [3.63, 3.8) is 0 Å². The summed E-state index contributed by atoms with van der Waals surface area (Å²) in [6, 6.07) is 2.09. The minimum absolute atomic E-state index is 0.0282. The van der Waals surface area contributed by atoms with Crippen LogP contribution in [0.15, 0.2) is 12.3 Å². The largest absolute Gasteiger partial charge is 0.343 e. The molecule has 20 heavy (non-hydrogen) atoms. The van der Waals surface area contributed by atoms with E-state index in [2.05, 4.69) is 29.9 Å². The lowest BCUT2D eigenvalue weighted by atomic mass is 10.0. The van der Waals surface area contributed by atoms with Crippen LogP contribution >= 0.6 is 0 Å². The number of aryl methyl sites for hydroxylation is 1. The highest BCUT2D eigenvalue weighted by Crippen LogP contribution is 2.18. The van der Waals surface area contributed by atoms with E-state index in [9.17, 15) is 4.79 Å². The van der Waals surface area contributed by atoms with Crippen LogP contribution in [-0.2, 0) is 17.9 Å². The van der Waals surface area contributed by atoms with Gasteiger partial charge in [0, 0.05) is 39.4 Å². The number of hydrogen-bond acceptors (Lipinski definition) is 3. The summed E-state index contributed by atoms with van der Waals surface area (Å²) in [7, 11) is 1.91. The molecule has 1 amide bonds. The van der Waals surface area contributed by atoms with Crippen LogP contribution in [0, 0.1) is 0 Å². The summed E-state index contributed by atoms with van der Waals surface area (Å²) in [5.41, 5.74) is 1.06. The average molecular weight is 278 g/mol. The third kappa shape index (κ3) is 3.39. The summed E-state index contributed by atoms with van der Waals surface area (Å²) in [5.74, 6) is 0.264. The molecule has 112 valence electrons. The monoisotopic (exact) mass is 278 g/mol. The molecule has 5 nitrogen and oxygen atoms in total. The molecule has 2 heterocycles. The number of amides is 1. The number of aromatic nitrogens is 2. The van der Waals surface area contributed by atoms with Crippen molar-refractivity contribution < 1.29 is 4.79 Å². The Labute approximate surface area is 121 Å². The van der Waals surface area contributed by atoms with Crippen molar-refractivity contribution in [1.82, 2.24) is 19.6 Å². The summed E-state index contributed by atoms with van der Waals surface area (Å²) in [5, 5.41) is 4.53. The Hall–Kier alpha value is -1.36. The number of unbranched alkanes of at least 4 members (excludes halogenated alkanes) is 1. The molecule has 5 heteroatoms. The number of nitrogens with zero attached hydrogens (tertiary/aromatic N) is 4. The minimum Gasteiger partial charge on any atom is -0.343 e. The quantitative estimate of drug-likeness (QED) is 0.796. The Morgan fingerprint density at radius 3 is 2.80 bits per heavy atom. The van der Waals surface area contributed by atoms with Crippen LogP contribution < -0.4 is 0 Å². The predicted molar refractivity (Wildman–Crippen MR) is 79.3 cm³/mol. The van der Waals surface area contributed by atoms with Gasteiger partial charge in [-0.2, -0.15) is 5.10 Å². The third-order valence-electron chi connectivity index (χ3n) is 4.04. The number of carbonyl (C=O) groups is 1. The van der Waals surface area contributed by atoms with Crippen LogP contribution in [0.1, 0.15) is 38.8 Å². The summed E-state index contributed by atoms with van der Waals surface area (Å²) in [6.45, 7) is 7.68. The van der Waals surface area contributed by atoms with Crippen molar-refractivity contribution in [2.75, 3.05) is 20.1 Å². The molecule has 0 radical (unpaired) electrons. The molecule has 2 rings (SSSR count). The zero-order chi connectivity index (χ0) is 14.5. The van der Waals surface area contributed by atoms with E-state index in [0.717, 1.165) is 51.1 Å².